The van der Waals surface area contributed by atoms with Gasteiger partial charge in [-0.3, -0.25) is 0 Å². The van der Waals surface area contributed by atoms with Crippen molar-refractivity contribution in [3.63, 3.8) is 0 Å². The Morgan fingerprint density at radius 3 is 2.57 bits per heavy atom. The second-order valence-electron chi connectivity index (χ2n) is 5.46. The number of aromatic nitrogens is 2. The minimum atomic E-state index is 0.696. The molecular weight excluding hydrogens is 280 g/mol. The highest BCUT2D eigenvalue weighted by Gasteiger charge is 2.11. The number of hydrogen-bond acceptors (Lipinski definition) is 5. The Hall–Kier alpha value is -1.36. The molecule has 0 saturated heterocycles. The van der Waals surface area contributed by atoms with Gasteiger partial charge in [0.25, 0.3) is 0 Å². The Morgan fingerprint density at radius 2 is 1.90 bits per heavy atom. The molecule has 2 aromatic heterocycles. The average molecular weight is 306 g/mol. The second kappa shape index (κ2) is 7.59. The van der Waals surface area contributed by atoms with E-state index in [1.54, 1.807) is 11.3 Å². The zero-order valence-electron chi connectivity index (χ0n) is 13.5. The van der Waals surface area contributed by atoms with E-state index in [1.807, 2.05) is 0 Å². The van der Waals surface area contributed by atoms with Crippen LogP contribution < -0.4 is 10.6 Å². The van der Waals surface area contributed by atoms with Crippen LogP contribution in [0.4, 0.5) is 11.8 Å². The maximum atomic E-state index is 4.67. The highest BCUT2D eigenvalue weighted by molar-refractivity contribution is 7.18. The van der Waals surface area contributed by atoms with E-state index in [4.69, 9.17) is 0 Å². The summed E-state index contributed by atoms with van der Waals surface area (Å²) in [6, 6.07) is 2.18. The predicted molar refractivity (Wildman–Crippen MR) is 93.5 cm³/mol. The predicted octanol–water partition coefficient (Wildman–Crippen LogP) is 4.67. The molecule has 0 amide bonds. The molecule has 2 N–H and O–H groups in total. The van der Waals surface area contributed by atoms with E-state index in [-0.39, 0.29) is 0 Å². The monoisotopic (exact) mass is 306 g/mol. The minimum absolute atomic E-state index is 0.696. The molecule has 2 rings (SSSR count). The zero-order chi connectivity index (χ0) is 15.2. The number of rotatable bonds is 8. The highest BCUT2D eigenvalue weighted by atomic mass is 32.1. The van der Waals surface area contributed by atoms with Crippen molar-refractivity contribution in [2.24, 2.45) is 5.92 Å². The van der Waals surface area contributed by atoms with Gasteiger partial charge in [0.15, 0.2) is 0 Å². The number of nitrogens with zero attached hydrogens (tertiary/aromatic N) is 2. The van der Waals surface area contributed by atoms with Gasteiger partial charge in [-0.2, -0.15) is 4.98 Å². The lowest BCUT2D eigenvalue weighted by Gasteiger charge is -2.15. The summed E-state index contributed by atoms with van der Waals surface area (Å²) in [4.78, 5) is 11.6. The van der Waals surface area contributed by atoms with E-state index in [9.17, 15) is 0 Å². The Kier molecular flexibility index (Phi) is 5.79. The summed E-state index contributed by atoms with van der Waals surface area (Å²) in [5.41, 5.74) is 0. The van der Waals surface area contributed by atoms with Crippen LogP contribution in [0, 0.1) is 12.8 Å². The fourth-order valence-electron chi connectivity index (χ4n) is 2.31. The quantitative estimate of drug-likeness (QED) is 0.744. The van der Waals surface area contributed by atoms with Crippen molar-refractivity contribution in [1.29, 1.82) is 0 Å². The number of hydrogen-bond donors (Lipinski definition) is 2. The first-order chi connectivity index (χ1) is 10.2. The number of thiophene rings is 1. The van der Waals surface area contributed by atoms with Crippen LogP contribution in [0.25, 0.3) is 10.2 Å². The lowest BCUT2D eigenvalue weighted by Crippen LogP contribution is -2.14. The topological polar surface area (TPSA) is 49.8 Å². The summed E-state index contributed by atoms with van der Waals surface area (Å²) in [5.74, 6) is 2.40. The van der Waals surface area contributed by atoms with Gasteiger partial charge in [-0.1, -0.05) is 33.6 Å². The Labute approximate surface area is 131 Å². The molecule has 0 unspecified atom stereocenters. The Morgan fingerprint density at radius 1 is 1.14 bits per heavy atom. The summed E-state index contributed by atoms with van der Waals surface area (Å²) in [7, 11) is 0. The van der Waals surface area contributed by atoms with E-state index >= 15 is 0 Å². The molecular formula is C16H26N4S. The molecule has 2 heterocycles. The molecule has 21 heavy (non-hydrogen) atoms. The summed E-state index contributed by atoms with van der Waals surface area (Å²) >= 11 is 1.73. The molecule has 2 aromatic rings. The fraction of sp³-hybridized carbons (Fsp3) is 0.625. The molecule has 116 valence electrons. The van der Waals surface area contributed by atoms with Gasteiger partial charge in [0.1, 0.15) is 10.6 Å². The molecule has 5 heteroatoms. The minimum Gasteiger partial charge on any atom is -0.369 e. The van der Waals surface area contributed by atoms with E-state index in [2.05, 4.69) is 54.4 Å². The molecule has 0 aromatic carbocycles. The van der Waals surface area contributed by atoms with Crippen LogP contribution in [-0.2, 0) is 0 Å². The van der Waals surface area contributed by atoms with Crippen LogP contribution in [0.1, 0.15) is 44.9 Å². The van der Waals surface area contributed by atoms with Gasteiger partial charge in [0, 0.05) is 18.0 Å². The van der Waals surface area contributed by atoms with E-state index in [1.165, 1.54) is 17.7 Å². The van der Waals surface area contributed by atoms with Crippen LogP contribution in [0.2, 0.25) is 0 Å². The smallest absolute Gasteiger partial charge is 0.226 e. The standard InChI is InChI=1S/C16H26N4S/c1-5-8-17-16-19-14(18-10-12(6-2)7-3)13-9-11(4)21-15(13)20-16/h9,12H,5-8,10H2,1-4H3,(H2,17,18,19,20). The normalized spacial score (nSPS) is 11.3. The van der Waals surface area contributed by atoms with Gasteiger partial charge in [0.05, 0.1) is 5.39 Å². The van der Waals surface area contributed by atoms with Gasteiger partial charge in [-0.05, 0) is 25.3 Å². The molecule has 0 aliphatic heterocycles. The van der Waals surface area contributed by atoms with E-state index in [0.717, 1.165) is 41.5 Å². The summed E-state index contributed by atoms with van der Waals surface area (Å²) < 4.78 is 0. The second-order valence-corrected chi connectivity index (χ2v) is 6.70. The number of aryl methyl sites for hydroxylation is 1. The van der Waals surface area contributed by atoms with Gasteiger partial charge >= 0.3 is 0 Å². The van der Waals surface area contributed by atoms with Crippen molar-refractivity contribution in [1.82, 2.24) is 9.97 Å². The van der Waals surface area contributed by atoms with Crippen LogP contribution in [-0.4, -0.2) is 23.1 Å². The van der Waals surface area contributed by atoms with Crippen molar-refractivity contribution < 1.29 is 0 Å². The molecule has 0 bridgehead atoms. The van der Waals surface area contributed by atoms with Crippen molar-refractivity contribution in [2.75, 3.05) is 23.7 Å². The Bertz CT molecular complexity index is 575. The third kappa shape index (κ3) is 4.06. The van der Waals surface area contributed by atoms with Gasteiger partial charge < -0.3 is 10.6 Å². The molecule has 0 aliphatic carbocycles. The molecule has 0 fully saturated rings. The molecule has 0 aliphatic rings. The van der Waals surface area contributed by atoms with E-state index in [0.29, 0.717) is 5.92 Å². The SMILES string of the molecule is CCCNc1nc(NCC(CC)CC)c2cc(C)sc2n1. The largest absolute Gasteiger partial charge is 0.369 e. The average Bonchev–Trinajstić information content (AvgIpc) is 2.86. The first kappa shape index (κ1) is 16.0. The van der Waals surface area contributed by atoms with Crippen molar-refractivity contribution in [3.05, 3.63) is 10.9 Å². The lowest BCUT2D eigenvalue weighted by atomic mass is 10.0. The number of anilines is 2. The Balaban J connectivity index is 2.25. The van der Waals surface area contributed by atoms with Crippen molar-refractivity contribution >= 4 is 33.3 Å². The third-order valence-corrected chi connectivity index (χ3v) is 4.71. The van der Waals surface area contributed by atoms with Crippen LogP contribution in [0.5, 0.6) is 0 Å². The first-order valence-electron chi connectivity index (χ1n) is 7.93. The fourth-order valence-corrected chi connectivity index (χ4v) is 3.19. The molecule has 0 spiro atoms. The van der Waals surface area contributed by atoms with Gasteiger partial charge in [-0.25, -0.2) is 4.98 Å². The van der Waals surface area contributed by atoms with Crippen molar-refractivity contribution in [2.45, 2.75) is 47.0 Å². The zero-order valence-corrected chi connectivity index (χ0v) is 14.3. The van der Waals surface area contributed by atoms with Gasteiger partial charge in [0.2, 0.25) is 5.95 Å². The molecule has 4 nitrogen and oxygen atoms in total. The van der Waals surface area contributed by atoms with Crippen molar-refractivity contribution in [3.8, 4) is 0 Å². The molecule has 0 atom stereocenters. The van der Waals surface area contributed by atoms with Crippen LogP contribution >= 0.6 is 11.3 Å². The maximum Gasteiger partial charge on any atom is 0.226 e. The van der Waals surface area contributed by atoms with Crippen LogP contribution in [0.15, 0.2) is 6.07 Å². The molecule has 0 saturated carbocycles. The summed E-state index contributed by atoms with van der Waals surface area (Å²) in [5, 5.41) is 7.98. The first-order valence-corrected chi connectivity index (χ1v) is 8.75. The van der Waals surface area contributed by atoms with Crippen LogP contribution in [0.3, 0.4) is 0 Å². The molecule has 0 radical (unpaired) electrons. The van der Waals surface area contributed by atoms with E-state index < -0.39 is 0 Å². The highest BCUT2D eigenvalue weighted by Crippen LogP contribution is 2.29. The number of nitrogens with one attached hydrogen (secondary N) is 2. The van der Waals surface area contributed by atoms with Gasteiger partial charge in [-0.15, -0.1) is 11.3 Å². The summed E-state index contributed by atoms with van der Waals surface area (Å²) in [6.07, 6.45) is 3.46. The summed E-state index contributed by atoms with van der Waals surface area (Å²) in [6.45, 7) is 10.6. The number of fused-ring (bicyclic) bond motifs is 1. The lowest BCUT2D eigenvalue weighted by molar-refractivity contribution is 0.518. The maximum absolute atomic E-state index is 4.67. The third-order valence-electron chi connectivity index (χ3n) is 3.76.